The summed E-state index contributed by atoms with van der Waals surface area (Å²) in [5.41, 5.74) is 6.69. The Bertz CT molecular complexity index is 525. The molecular weight excluding hydrogens is 246 g/mol. The molecule has 0 bridgehead atoms. The summed E-state index contributed by atoms with van der Waals surface area (Å²) in [5.74, 6) is -1.39. The molecule has 19 heavy (non-hydrogen) atoms. The molecule has 5 heteroatoms. The fourth-order valence-corrected chi connectivity index (χ4v) is 1.96. The molecule has 1 aromatic rings. The van der Waals surface area contributed by atoms with E-state index in [1.165, 1.54) is 0 Å². The van der Waals surface area contributed by atoms with E-state index < -0.39 is 12.1 Å². The highest BCUT2D eigenvalue weighted by Crippen LogP contribution is 2.20. The maximum absolute atomic E-state index is 11.8. The first-order valence-corrected chi connectivity index (χ1v) is 5.98. The average Bonchev–Trinajstić information content (AvgIpc) is 2.30. The first-order chi connectivity index (χ1) is 8.97. The zero-order chi connectivity index (χ0) is 14.0. The molecular formula is C14H15NO4. The summed E-state index contributed by atoms with van der Waals surface area (Å²) in [6, 6.07) is 6.84. The minimum Gasteiger partial charge on any atom is -0.511 e. The van der Waals surface area contributed by atoms with Crippen LogP contribution in [0, 0.1) is 0 Å². The van der Waals surface area contributed by atoms with Gasteiger partial charge in [0.1, 0.15) is 17.4 Å². The maximum Gasteiger partial charge on any atom is 0.345 e. The number of carbonyl (C=O) groups excluding carboxylic acids is 2. The molecule has 1 aromatic carbocycles. The Balaban J connectivity index is 2.23. The molecule has 1 saturated heterocycles. The lowest BCUT2D eigenvalue weighted by molar-refractivity contribution is -0.150. The smallest absolute Gasteiger partial charge is 0.345 e. The molecule has 0 spiro atoms. The molecule has 1 aliphatic rings. The van der Waals surface area contributed by atoms with Crippen LogP contribution in [0.4, 0.5) is 5.69 Å². The molecule has 100 valence electrons. The van der Waals surface area contributed by atoms with E-state index in [1.54, 1.807) is 31.2 Å². The molecule has 1 unspecified atom stereocenters. The predicted octanol–water partition coefficient (Wildman–Crippen LogP) is 1.53. The second-order valence-corrected chi connectivity index (χ2v) is 4.58. The van der Waals surface area contributed by atoms with Crippen LogP contribution in [-0.4, -0.2) is 23.0 Å². The number of hydrogen-bond acceptors (Lipinski definition) is 5. The molecule has 0 aliphatic carbocycles. The van der Waals surface area contributed by atoms with E-state index in [1.807, 2.05) is 0 Å². The minimum atomic E-state index is -0.753. The van der Waals surface area contributed by atoms with Gasteiger partial charge in [0.25, 0.3) is 0 Å². The summed E-state index contributed by atoms with van der Waals surface area (Å²) < 4.78 is 4.95. The topological polar surface area (TPSA) is 89.6 Å². The van der Waals surface area contributed by atoms with E-state index in [9.17, 15) is 14.7 Å². The number of benzene rings is 1. The van der Waals surface area contributed by atoms with Gasteiger partial charge in [-0.3, -0.25) is 4.79 Å². The zero-order valence-electron chi connectivity index (χ0n) is 10.6. The SMILES string of the molecule is CC1CC(=O)/C(=C(\O)Cc2ccc(N)cc2)C(=O)O1. The molecule has 1 fully saturated rings. The number of esters is 1. The molecule has 1 aliphatic heterocycles. The van der Waals surface area contributed by atoms with E-state index in [-0.39, 0.29) is 30.0 Å². The Labute approximate surface area is 110 Å². The number of aliphatic hydroxyl groups excluding tert-OH is 1. The van der Waals surface area contributed by atoms with Crippen molar-refractivity contribution in [3.05, 3.63) is 41.2 Å². The van der Waals surface area contributed by atoms with Crippen molar-refractivity contribution in [3.63, 3.8) is 0 Å². The number of hydrogen-bond donors (Lipinski definition) is 2. The van der Waals surface area contributed by atoms with Gasteiger partial charge < -0.3 is 15.6 Å². The number of cyclic esters (lactones) is 1. The monoisotopic (exact) mass is 261 g/mol. The molecule has 3 N–H and O–H groups in total. The summed E-state index contributed by atoms with van der Waals surface area (Å²) in [4.78, 5) is 23.4. The molecule has 1 heterocycles. The van der Waals surface area contributed by atoms with Crippen LogP contribution < -0.4 is 5.73 Å². The largest absolute Gasteiger partial charge is 0.511 e. The Hall–Kier alpha value is -2.30. The fourth-order valence-electron chi connectivity index (χ4n) is 1.96. The molecule has 0 aromatic heterocycles. The van der Waals surface area contributed by atoms with E-state index in [0.717, 1.165) is 5.56 Å². The van der Waals surface area contributed by atoms with E-state index in [0.29, 0.717) is 5.69 Å². The standard InChI is InChI=1S/C14H15NO4/c1-8-6-11(16)13(14(18)19-8)12(17)7-9-2-4-10(15)5-3-9/h2-5,8,17H,6-7,15H2,1H3/b13-12+. The summed E-state index contributed by atoms with van der Waals surface area (Å²) in [6.07, 6.45) is -0.231. The van der Waals surface area contributed by atoms with Crippen LogP contribution in [0.2, 0.25) is 0 Å². The lowest BCUT2D eigenvalue weighted by Gasteiger charge is -2.20. The Morgan fingerprint density at radius 1 is 1.37 bits per heavy atom. The van der Waals surface area contributed by atoms with Gasteiger partial charge >= 0.3 is 5.97 Å². The molecule has 0 radical (unpaired) electrons. The minimum absolute atomic E-state index is 0.102. The van der Waals surface area contributed by atoms with Crippen molar-refractivity contribution in [2.24, 2.45) is 0 Å². The highest BCUT2D eigenvalue weighted by molar-refractivity contribution is 6.19. The van der Waals surface area contributed by atoms with Crippen LogP contribution in [0.25, 0.3) is 0 Å². The Kier molecular flexibility index (Phi) is 3.55. The highest BCUT2D eigenvalue weighted by atomic mass is 16.5. The van der Waals surface area contributed by atoms with Crippen LogP contribution in [0.5, 0.6) is 0 Å². The number of Topliss-reactive ketones (excluding diaryl/α,β-unsaturated/α-hetero) is 1. The maximum atomic E-state index is 11.8. The molecule has 2 rings (SSSR count). The van der Waals surface area contributed by atoms with Gasteiger partial charge in [0.15, 0.2) is 5.78 Å². The van der Waals surface area contributed by atoms with Gasteiger partial charge in [-0.05, 0) is 24.6 Å². The van der Waals surface area contributed by atoms with E-state index in [2.05, 4.69) is 0 Å². The number of anilines is 1. The number of aliphatic hydroxyl groups is 1. The summed E-state index contributed by atoms with van der Waals surface area (Å²) in [6.45, 7) is 1.64. The second kappa shape index (κ2) is 5.14. The van der Waals surface area contributed by atoms with Crippen molar-refractivity contribution in [3.8, 4) is 0 Å². The number of ether oxygens (including phenoxy) is 1. The van der Waals surface area contributed by atoms with Gasteiger partial charge in [-0.1, -0.05) is 12.1 Å². The lowest BCUT2D eigenvalue weighted by atomic mass is 9.98. The number of nitrogens with two attached hydrogens (primary N) is 1. The van der Waals surface area contributed by atoms with Crippen molar-refractivity contribution < 1.29 is 19.4 Å². The van der Waals surface area contributed by atoms with Crippen molar-refractivity contribution in [2.45, 2.75) is 25.9 Å². The van der Waals surface area contributed by atoms with Crippen LogP contribution in [-0.2, 0) is 20.7 Å². The van der Waals surface area contributed by atoms with Crippen LogP contribution in [0.15, 0.2) is 35.6 Å². The Morgan fingerprint density at radius 2 is 2.00 bits per heavy atom. The van der Waals surface area contributed by atoms with Crippen LogP contribution >= 0.6 is 0 Å². The number of rotatable bonds is 2. The summed E-state index contributed by atoms with van der Waals surface area (Å²) >= 11 is 0. The number of ketones is 1. The number of nitrogen functional groups attached to an aromatic ring is 1. The third-order valence-corrected chi connectivity index (χ3v) is 2.90. The average molecular weight is 261 g/mol. The van der Waals surface area contributed by atoms with Crippen molar-refractivity contribution in [1.82, 2.24) is 0 Å². The first kappa shape index (κ1) is 13.1. The predicted molar refractivity (Wildman–Crippen MR) is 69.4 cm³/mol. The highest BCUT2D eigenvalue weighted by Gasteiger charge is 2.32. The summed E-state index contributed by atoms with van der Waals surface area (Å²) in [5, 5.41) is 9.95. The molecule has 1 atom stereocenters. The van der Waals surface area contributed by atoms with Crippen molar-refractivity contribution >= 4 is 17.4 Å². The Morgan fingerprint density at radius 3 is 2.58 bits per heavy atom. The zero-order valence-corrected chi connectivity index (χ0v) is 10.6. The normalized spacial score (nSPS) is 22.1. The molecule has 5 nitrogen and oxygen atoms in total. The van der Waals surface area contributed by atoms with E-state index >= 15 is 0 Å². The molecule has 0 saturated carbocycles. The van der Waals surface area contributed by atoms with Crippen LogP contribution in [0.1, 0.15) is 18.9 Å². The van der Waals surface area contributed by atoms with Crippen molar-refractivity contribution in [1.29, 1.82) is 0 Å². The van der Waals surface area contributed by atoms with Gasteiger partial charge in [0.2, 0.25) is 0 Å². The molecule has 0 amide bonds. The third kappa shape index (κ3) is 2.93. The van der Waals surface area contributed by atoms with Gasteiger partial charge in [-0.25, -0.2) is 4.79 Å². The van der Waals surface area contributed by atoms with Crippen LogP contribution in [0.3, 0.4) is 0 Å². The van der Waals surface area contributed by atoms with Gasteiger partial charge in [-0.2, -0.15) is 0 Å². The second-order valence-electron chi connectivity index (χ2n) is 4.58. The quantitative estimate of drug-likeness (QED) is 0.277. The van der Waals surface area contributed by atoms with Gasteiger partial charge in [0, 0.05) is 18.5 Å². The lowest BCUT2D eigenvalue weighted by Crippen LogP contribution is -2.31. The number of carbonyl (C=O) groups is 2. The van der Waals surface area contributed by atoms with Crippen molar-refractivity contribution in [2.75, 3.05) is 5.73 Å². The number of allylic oxidation sites excluding steroid dienone is 1. The summed E-state index contributed by atoms with van der Waals surface area (Å²) in [7, 11) is 0. The fraction of sp³-hybridized carbons (Fsp3) is 0.286. The van der Waals surface area contributed by atoms with E-state index in [4.69, 9.17) is 10.5 Å². The van der Waals surface area contributed by atoms with Gasteiger partial charge in [0.05, 0.1) is 0 Å². The van der Waals surface area contributed by atoms with Gasteiger partial charge in [-0.15, -0.1) is 0 Å². The first-order valence-electron chi connectivity index (χ1n) is 5.98. The third-order valence-electron chi connectivity index (χ3n) is 2.90.